The maximum atomic E-state index is 12.2. The van der Waals surface area contributed by atoms with Gasteiger partial charge < -0.3 is 14.6 Å². The smallest absolute Gasteiger partial charge is 0.326 e. The second kappa shape index (κ2) is 4.61. The summed E-state index contributed by atoms with van der Waals surface area (Å²) in [4.78, 5) is 11.6. The summed E-state index contributed by atoms with van der Waals surface area (Å²) in [6.45, 7) is 1.50. The lowest BCUT2D eigenvalue weighted by Crippen LogP contribution is -2.23. The monoisotopic (exact) mass is 323 g/mol. The molecule has 3 atom stereocenters. The first kappa shape index (κ1) is 14.7. The van der Waals surface area contributed by atoms with Crippen molar-refractivity contribution in [3.8, 4) is 17.6 Å². The van der Waals surface area contributed by atoms with Gasteiger partial charge in [0.1, 0.15) is 5.25 Å². The summed E-state index contributed by atoms with van der Waals surface area (Å²) in [7, 11) is -3.68. The van der Waals surface area contributed by atoms with E-state index in [0.717, 1.165) is 0 Å². The third-order valence-corrected chi connectivity index (χ3v) is 6.44. The lowest BCUT2D eigenvalue weighted by atomic mass is 10.0. The number of sulfone groups is 1. The molecular weight excluding hydrogens is 310 g/mol. The summed E-state index contributed by atoms with van der Waals surface area (Å²) in [5.41, 5.74) is -1.49. The number of hydrogen-bond donors (Lipinski definition) is 1. The fourth-order valence-electron chi connectivity index (χ4n) is 3.01. The van der Waals surface area contributed by atoms with Gasteiger partial charge in [-0.1, -0.05) is 13.0 Å². The first-order valence-corrected chi connectivity index (χ1v) is 8.35. The summed E-state index contributed by atoms with van der Waals surface area (Å²) in [5, 5.41) is 17.5. The van der Waals surface area contributed by atoms with Crippen LogP contribution in [0.2, 0.25) is 0 Å². The minimum Gasteiger partial charge on any atom is -0.480 e. The Labute approximate surface area is 127 Å². The number of nitriles is 1. The average Bonchev–Trinajstić information content (AvgIpc) is 3.00. The van der Waals surface area contributed by atoms with E-state index in [2.05, 4.69) is 0 Å². The van der Waals surface area contributed by atoms with E-state index in [4.69, 9.17) is 9.47 Å². The molecule has 116 valence electrons. The molecule has 0 spiro atoms. The molecule has 0 aromatic heterocycles. The number of nitrogens with zero attached hydrogens (tertiary/aromatic N) is 1. The van der Waals surface area contributed by atoms with Crippen LogP contribution in [0.1, 0.15) is 18.4 Å². The highest BCUT2D eigenvalue weighted by Crippen LogP contribution is 2.63. The number of hydrogen-bond acceptors (Lipinski definition) is 6. The van der Waals surface area contributed by atoms with Crippen molar-refractivity contribution in [1.29, 1.82) is 5.26 Å². The van der Waals surface area contributed by atoms with E-state index in [1.54, 1.807) is 24.3 Å². The van der Waals surface area contributed by atoms with E-state index in [0.29, 0.717) is 17.1 Å². The Morgan fingerprint density at radius 1 is 1.45 bits per heavy atom. The van der Waals surface area contributed by atoms with Gasteiger partial charge in [-0.05, 0) is 17.7 Å². The van der Waals surface area contributed by atoms with Crippen molar-refractivity contribution in [3.63, 3.8) is 0 Å². The van der Waals surface area contributed by atoms with Crippen molar-refractivity contribution < 1.29 is 27.8 Å². The van der Waals surface area contributed by atoms with E-state index >= 15 is 0 Å². The number of rotatable bonds is 4. The predicted octanol–water partition coefficient (Wildman–Crippen LogP) is 0.910. The molecule has 0 unspecified atom stereocenters. The number of carboxylic acid groups (broad SMARTS) is 1. The molecule has 2 aliphatic rings. The summed E-state index contributed by atoms with van der Waals surface area (Å²) in [6.07, 6.45) is 0. The summed E-state index contributed by atoms with van der Waals surface area (Å²) in [6, 6.07) is 6.43. The second-order valence-electron chi connectivity index (χ2n) is 5.25. The quantitative estimate of drug-likeness (QED) is 0.876. The average molecular weight is 323 g/mol. The number of aliphatic carboxylic acids is 1. The van der Waals surface area contributed by atoms with Crippen molar-refractivity contribution in [3.05, 3.63) is 23.8 Å². The highest BCUT2D eigenvalue weighted by molar-refractivity contribution is 7.92. The zero-order valence-corrected chi connectivity index (χ0v) is 12.5. The van der Waals surface area contributed by atoms with Crippen LogP contribution in [0.3, 0.4) is 0 Å². The van der Waals surface area contributed by atoms with Gasteiger partial charge in [-0.3, -0.25) is 4.79 Å². The molecule has 0 saturated heterocycles. The number of carbonyl (C=O) groups is 1. The fourth-order valence-corrected chi connectivity index (χ4v) is 4.94. The molecule has 1 aliphatic heterocycles. The van der Waals surface area contributed by atoms with Crippen molar-refractivity contribution in [1.82, 2.24) is 0 Å². The third-order valence-electron chi connectivity index (χ3n) is 4.22. The molecule has 8 heteroatoms. The van der Waals surface area contributed by atoms with Crippen LogP contribution in [-0.4, -0.2) is 37.3 Å². The van der Waals surface area contributed by atoms with Crippen LogP contribution in [0.4, 0.5) is 0 Å². The van der Waals surface area contributed by atoms with Crippen molar-refractivity contribution in [2.24, 2.45) is 5.41 Å². The van der Waals surface area contributed by atoms with E-state index < -0.39 is 32.4 Å². The first-order chi connectivity index (χ1) is 10.4. The largest absolute Gasteiger partial charge is 0.480 e. The molecule has 22 heavy (non-hydrogen) atoms. The molecular formula is C14H13NO6S. The van der Waals surface area contributed by atoms with Gasteiger partial charge in [0.15, 0.2) is 26.8 Å². The maximum absolute atomic E-state index is 12.2. The van der Waals surface area contributed by atoms with Crippen LogP contribution < -0.4 is 9.47 Å². The van der Waals surface area contributed by atoms with Gasteiger partial charge in [-0.15, -0.1) is 0 Å². The Bertz CT molecular complexity index is 796. The third kappa shape index (κ3) is 1.78. The summed E-state index contributed by atoms with van der Waals surface area (Å²) >= 11 is 0. The van der Waals surface area contributed by atoms with Gasteiger partial charge in [-0.25, -0.2) is 8.42 Å². The molecule has 1 heterocycles. The number of fused-ring (bicyclic) bond motifs is 1. The van der Waals surface area contributed by atoms with Gasteiger partial charge in [0.2, 0.25) is 6.79 Å². The van der Waals surface area contributed by atoms with Crippen LogP contribution >= 0.6 is 0 Å². The topological polar surface area (TPSA) is 114 Å². The van der Waals surface area contributed by atoms with Crippen LogP contribution in [0.15, 0.2) is 18.2 Å². The van der Waals surface area contributed by atoms with Crippen LogP contribution in [-0.2, 0) is 14.6 Å². The second-order valence-corrected chi connectivity index (χ2v) is 7.66. The summed E-state index contributed by atoms with van der Waals surface area (Å²) in [5.74, 6) is -1.60. The SMILES string of the molecule is CCS(=O)(=O)[C@@H]1[C@H](c2ccc3c(c2)OCO3)[C@@]1(C#N)C(=O)O. The maximum Gasteiger partial charge on any atom is 0.326 e. The Balaban J connectivity index is 2.09. The fraction of sp³-hybridized carbons (Fsp3) is 0.429. The molecule has 1 aromatic rings. The van der Waals surface area contributed by atoms with Crippen molar-refractivity contribution in [2.45, 2.75) is 18.1 Å². The molecule has 0 radical (unpaired) electrons. The lowest BCUT2D eigenvalue weighted by molar-refractivity contribution is -0.141. The molecule has 1 aromatic carbocycles. The van der Waals surface area contributed by atoms with Gasteiger partial charge in [0.25, 0.3) is 0 Å². The molecule has 1 saturated carbocycles. The minimum atomic E-state index is -3.68. The Morgan fingerprint density at radius 2 is 2.14 bits per heavy atom. The van der Waals surface area contributed by atoms with Crippen LogP contribution in [0.25, 0.3) is 0 Å². The van der Waals surface area contributed by atoms with Gasteiger partial charge >= 0.3 is 5.97 Å². The van der Waals surface area contributed by atoms with E-state index in [1.165, 1.54) is 6.92 Å². The standard InChI is InChI=1S/C14H13NO6S/c1-2-22(18,19)12-11(14(12,6-15)13(16)17)8-3-4-9-10(5-8)21-7-20-9/h3-5,11-12H,2,7H2,1H3,(H,16,17)/t11-,12+,14+/m0/s1. The van der Waals surface area contributed by atoms with Gasteiger partial charge in [0.05, 0.1) is 6.07 Å². The number of carboxylic acids is 1. The van der Waals surface area contributed by atoms with Crippen LogP contribution in [0, 0.1) is 16.7 Å². The van der Waals surface area contributed by atoms with E-state index in [1.807, 2.05) is 0 Å². The van der Waals surface area contributed by atoms with Gasteiger partial charge in [0, 0.05) is 11.7 Å². The normalized spacial score (nSPS) is 28.9. The molecule has 7 nitrogen and oxygen atoms in total. The van der Waals surface area contributed by atoms with Crippen LogP contribution in [0.5, 0.6) is 11.5 Å². The lowest BCUT2D eigenvalue weighted by Gasteiger charge is -2.03. The Hall–Kier alpha value is -2.27. The molecule has 3 rings (SSSR count). The molecule has 0 amide bonds. The highest BCUT2D eigenvalue weighted by atomic mass is 32.2. The van der Waals surface area contributed by atoms with E-state index in [-0.39, 0.29) is 12.5 Å². The molecule has 1 aliphatic carbocycles. The van der Waals surface area contributed by atoms with Crippen molar-refractivity contribution >= 4 is 15.8 Å². The zero-order valence-electron chi connectivity index (χ0n) is 11.6. The summed E-state index contributed by atoms with van der Waals surface area (Å²) < 4.78 is 34.8. The zero-order chi connectivity index (χ0) is 16.1. The Morgan fingerprint density at radius 3 is 2.73 bits per heavy atom. The molecule has 1 fully saturated rings. The predicted molar refractivity (Wildman–Crippen MR) is 74.2 cm³/mol. The first-order valence-electron chi connectivity index (χ1n) is 6.64. The molecule has 1 N–H and O–H groups in total. The minimum absolute atomic E-state index is 0.0580. The number of benzene rings is 1. The molecule has 0 bridgehead atoms. The highest BCUT2D eigenvalue weighted by Gasteiger charge is 2.76. The Kier molecular flexibility index (Phi) is 3.07. The van der Waals surface area contributed by atoms with Gasteiger partial charge in [-0.2, -0.15) is 5.26 Å². The van der Waals surface area contributed by atoms with Crippen molar-refractivity contribution in [2.75, 3.05) is 12.5 Å². The van der Waals surface area contributed by atoms with E-state index in [9.17, 15) is 23.6 Å². The number of ether oxygens (including phenoxy) is 2.